The van der Waals surface area contributed by atoms with Crippen molar-refractivity contribution in [1.29, 1.82) is 0 Å². The molecule has 138 valence electrons. The van der Waals surface area contributed by atoms with Crippen LogP contribution in [0.4, 0.5) is 0 Å². The van der Waals surface area contributed by atoms with Crippen LogP contribution in [0.2, 0.25) is 0 Å². The molecule has 3 heteroatoms. The van der Waals surface area contributed by atoms with Crippen molar-refractivity contribution < 1.29 is 14.6 Å². The van der Waals surface area contributed by atoms with Crippen molar-refractivity contribution in [1.82, 2.24) is 0 Å². The molecule has 0 aliphatic heterocycles. The molecule has 27 heavy (non-hydrogen) atoms. The molecule has 3 rings (SSSR count). The molecule has 0 bridgehead atoms. The second-order valence-corrected chi connectivity index (χ2v) is 6.76. The fourth-order valence-electron chi connectivity index (χ4n) is 3.37. The van der Waals surface area contributed by atoms with E-state index in [0.29, 0.717) is 11.5 Å². The van der Waals surface area contributed by atoms with Gasteiger partial charge in [-0.2, -0.15) is 0 Å². The summed E-state index contributed by atoms with van der Waals surface area (Å²) in [4.78, 5) is 11.8. The number of para-hydroxylation sites is 1. The molecular formula is C24H24O3. The van der Waals surface area contributed by atoms with Crippen LogP contribution in [0.3, 0.4) is 0 Å². The Labute approximate surface area is 160 Å². The van der Waals surface area contributed by atoms with E-state index in [0.717, 1.165) is 5.56 Å². The highest BCUT2D eigenvalue weighted by Crippen LogP contribution is 2.34. The normalized spacial score (nSPS) is 13.0. The van der Waals surface area contributed by atoms with Gasteiger partial charge in [0.2, 0.25) is 0 Å². The van der Waals surface area contributed by atoms with Gasteiger partial charge in [-0.3, -0.25) is 0 Å². The molecule has 0 aromatic heterocycles. The van der Waals surface area contributed by atoms with Crippen molar-refractivity contribution in [3.05, 3.63) is 101 Å². The molecule has 2 atom stereocenters. The highest BCUT2D eigenvalue weighted by atomic mass is 16.5. The van der Waals surface area contributed by atoms with Gasteiger partial charge in [-0.1, -0.05) is 80.6 Å². The number of phenols is 1. The van der Waals surface area contributed by atoms with E-state index >= 15 is 0 Å². The predicted molar refractivity (Wildman–Crippen MR) is 107 cm³/mol. The SMILES string of the molecule is COC(=O)c1cccc(C(C)c2ccc(C(C)c3ccccc3)cc2)c1O. The van der Waals surface area contributed by atoms with E-state index in [2.05, 4.69) is 55.5 Å². The highest BCUT2D eigenvalue weighted by Gasteiger charge is 2.19. The van der Waals surface area contributed by atoms with Crippen LogP contribution in [0.25, 0.3) is 0 Å². The Bertz CT molecular complexity index is 914. The fourth-order valence-corrected chi connectivity index (χ4v) is 3.37. The number of ether oxygens (including phenoxy) is 1. The maximum absolute atomic E-state index is 11.8. The smallest absolute Gasteiger partial charge is 0.341 e. The summed E-state index contributed by atoms with van der Waals surface area (Å²) in [5.74, 6) is -0.283. The first-order valence-electron chi connectivity index (χ1n) is 9.08. The summed E-state index contributed by atoms with van der Waals surface area (Å²) in [6.45, 7) is 4.21. The average molecular weight is 360 g/mol. The number of phenolic OH excluding ortho intramolecular Hbond substituents is 1. The summed E-state index contributed by atoms with van der Waals surface area (Å²) in [6.07, 6.45) is 0. The maximum Gasteiger partial charge on any atom is 0.341 e. The second kappa shape index (κ2) is 8.09. The van der Waals surface area contributed by atoms with Crippen LogP contribution in [-0.2, 0) is 4.74 Å². The van der Waals surface area contributed by atoms with Crippen LogP contribution in [-0.4, -0.2) is 18.2 Å². The van der Waals surface area contributed by atoms with Gasteiger partial charge in [0.25, 0.3) is 0 Å². The second-order valence-electron chi connectivity index (χ2n) is 6.76. The van der Waals surface area contributed by atoms with Crippen LogP contribution in [0.5, 0.6) is 5.75 Å². The third-order valence-corrected chi connectivity index (χ3v) is 5.18. The van der Waals surface area contributed by atoms with Crippen molar-refractivity contribution in [2.75, 3.05) is 7.11 Å². The molecule has 0 aliphatic carbocycles. The monoisotopic (exact) mass is 360 g/mol. The molecule has 0 saturated heterocycles. The Morgan fingerprint density at radius 2 is 1.33 bits per heavy atom. The van der Waals surface area contributed by atoms with Crippen molar-refractivity contribution in [3.63, 3.8) is 0 Å². The highest BCUT2D eigenvalue weighted by molar-refractivity contribution is 5.92. The average Bonchev–Trinajstić information content (AvgIpc) is 2.73. The minimum Gasteiger partial charge on any atom is -0.507 e. The van der Waals surface area contributed by atoms with Gasteiger partial charge in [-0.15, -0.1) is 0 Å². The number of rotatable bonds is 5. The lowest BCUT2D eigenvalue weighted by Gasteiger charge is -2.18. The van der Waals surface area contributed by atoms with Gasteiger partial charge in [0.15, 0.2) is 0 Å². The standard InChI is InChI=1S/C24H24O3/c1-16(18-8-5-4-6-9-18)19-12-14-20(15-13-19)17(2)21-10-7-11-22(23(21)25)24(26)27-3/h4-17,25H,1-3H3. The van der Waals surface area contributed by atoms with Gasteiger partial charge in [-0.25, -0.2) is 4.79 Å². The van der Waals surface area contributed by atoms with Gasteiger partial charge >= 0.3 is 5.97 Å². The zero-order valence-corrected chi connectivity index (χ0v) is 15.8. The number of carbonyl (C=O) groups is 1. The van der Waals surface area contributed by atoms with Crippen LogP contribution >= 0.6 is 0 Å². The van der Waals surface area contributed by atoms with Gasteiger partial charge in [0.05, 0.1) is 7.11 Å². The van der Waals surface area contributed by atoms with Gasteiger partial charge in [0.1, 0.15) is 11.3 Å². The Hall–Kier alpha value is -3.07. The fraction of sp³-hybridized carbons (Fsp3) is 0.208. The Kier molecular flexibility index (Phi) is 5.60. The zero-order valence-electron chi connectivity index (χ0n) is 15.8. The van der Waals surface area contributed by atoms with E-state index < -0.39 is 5.97 Å². The summed E-state index contributed by atoms with van der Waals surface area (Å²) in [5.41, 5.74) is 4.50. The zero-order chi connectivity index (χ0) is 19.4. The van der Waals surface area contributed by atoms with E-state index in [-0.39, 0.29) is 17.2 Å². The third-order valence-electron chi connectivity index (χ3n) is 5.18. The van der Waals surface area contributed by atoms with E-state index in [1.165, 1.54) is 18.2 Å². The molecular weight excluding hydrogens is 336 g/mol. The molecule has 0 heterocycles. The quantitative estimate of drug-likeness (QED) is 0.613. The Morgan fingerprint density at radius 3 is 1.93 bits per heavy atom. The first kappa shape index (κ1) is 18.7. The van der Waals surface area contributed by atoms with Crippen molar-refractivity contribution in [2.24, 2.45) is 0 Å². The topological polar surface area (TPSA) is 46.5 Å². The molecule has 0 spiro atoms. The number of aromatic hydroxyl groups is 1. The largest absolute Gasteiger partial charge is 0.507 e. The van der Waals surface area contributed by atoms with E-state index in [1.807, 2.05) is 19.1 Å². The van der Waals surface area contributed by atoms with Gasteiger partial charge < -0.3 is 9.84 Å². The van der Waals surface area contributed by atoms with Crippen LogP contribution in [0, 0.1) is 0 Å². The lowest BCUT2D eigenvalue weighted by molar-refractivity contribution is 0.0597. The Morgan fingerprint density at radius 1 is 0.778 bits per heavy atom. The summed E-state index contributed by atoms with van der Waals surface area (Å²) in [6, 6.07) is 24.0. The minimum atomic E-state index is -0.534. The molecule has 2 unspecified atom stereocenters. The van der Waals surface area contributed by atoms with E-state index in [4.69, 9.17) is 4.74 Å². The summed E-state index contributed by atoms with van der Waals surface area (Å²) in [5, 5.41) is 10.5. The first-order chi connectivity index (χ1) is 13.0. The molecule has 3 aromatic rings. The number of hydrogen-bond donors (Lipinski definition) is 1. The number of carbonyl (C=O) groups excluding carboxylic acids is 1. The minimum absolute atomic E-state index is 0.0152. The molecule has 1 N–H and O–H groups in total. The number of hydrogen-bond acceptors (Lipinski definition) is 3. The summed E-state index contributed by atoms with van der Waals surface area (Å²) < 4.78 is 4.74. The van der Waals surface area contributed by atoms with Gasteiger partial charge in [-0.05, 0) is 22.8 Å². The third kappa shape index (κ3) is 3.87. The molecule has 0 radical (unpaired) electrons. The predicted octanol–water partition coefficient (Wildman–Crippen LogP) is 5.48. The van der Waals surface area contributed by atoms with Crippen LogP contribution < -0.4 is 0 Å². The number of benzene rings is 3. The van der Waals surface area contributed by atoms with Crippen molar-refractivity contribution >= 4 is 5.97 Å². The van der Waals surface area contributed by atoms with Crippen LogP contribution in [0.15, 0.2) is 72.8 Å². The van der Waals surface area contributed by atoms with E-state index in [9.17, 15) is 9.90 Å². The first-order valence-corrected chi connectivity index (χ1v) is 9.08. The molecule has 0 fully saturated rings. The van der Waals surface area contributed by atoms with Crippen molar-refractivity contribution in [3.8, 4) is 5.75 Å². The lowest BCUT2D eigenvalue weighted by Crippen LogP contribution is -2.05. The van der Waals surface area contributed by atoms with E-state index in [1.54, 1.807) is 12.1 Å². The molecule has 3 aromatic carbocycles. The number of esters is 1. The molecule has 0 aliphatic rings. The summed E-state index contributed by atoms with van der Waals surface area (Å²) >= 11 is 0. The number of methoxy groups -OCH3 is 1. The van der Waals surface area contributed by atoms with Crippen molar-refractivity contribution in [2.45, 2.75) is 25.7 Å². The summed E-state index contributed by atoms with van der Waals surface area (Å²) in [7, 11) is 1.31. The van der Waals surface area contributed by atoms with Crippen LogP contribution in [0.1, 0.15) is 58.3 Å². The maximum atomic E-state index is 11.8. The van der Waals surface area contributed by atoms with Gasteiger partial charge in [0, 0.05) is 17.4 Å². The molecule has 3 nitrogen and oxygen atoms in total. The lowest BCUT2D eigenvalue weighted by atomic mass is 9.88. The molecule has 0 amide bonds. The molecule has 0 saturated carbocycles. The Balaban J connectivity index is 1.86.